The molecule has 0 saturated heterocycles. The smallest absolute Gasteiger partial charge is 0.411 e. The van der Waals surface area contributed by atoms with Crippen molar-refractivity contribution in [3.05, 3.63) is 59.4 Å². The van der Waals surface area contributed by atoms with Crippen LogP contribution < -0.4 is 10.6 Å². The molecule has 0 aliphatic heterocycles. The molecule has 2 aromatic rings. The van der Waals surface area contributed by atoms with Gasteiger partial charge in [0.15, 0.2) is 0 Å². The first-order valence-corrected chi connectivity index (χ1v) is 7.11. The number of carbonyl (C=O) groups excluding carboxylic acids is 2. The van der Waals surface area contributed by atoms with Crippen molar-refractivity contribution in [3.8, 4) is 0 Å². The van der Waals surface area contributed by atoms with Crippen LogP contribution in [0, 0.1) is 12.7 Å². The Bertz CT molecular complexity index is 714. The predicted molar refractivity (Wildman–Crippen MR) is 86.2 cm³/mol. The van der Waals surface area contributed by atoms with Gasteiger partial charge in [0.1, 0.15) is 5.82 Å². The second kappa shape index (κ2) is 7.40. The molecular weight excluding hydrogens is 299 g/mol. The summed E-state index contributed by atoms with van der Waals surface area (Å²) in [4.78, 5) is 23.7. The van der Waals surface area contributed by atoms with Crippen LogP contribution in [0.3, 0.4) is 0 Å². The molecule has 0 fully saturated rings. The van der Waals surface area contributed by atoms with E-state index >= 15 is 0 Å². The molecule has 2 rings (SSSR count). The fraction of sp³-hybridized carbons (Fsp3) is 0.176. The zero-order valence-electron chi connectivity index (χ0n) is 12.9. The molecule has 0 aliphatic rings. The van der Waals surface area contributed by atoms with Crippen LogP contribution in [0.2, 0.25) is 0 Å². The van der Waals surface area contributed by atoms with Gasteiger partial charge in [0.05, 0.1) is 6.61 Å². The number of nitrogens with one attached hydrogen (secondary N) is 2. The number of rotatable bonds is 4. The Balaban J connectivity index is 2.15. The summed E-state index contributed by atoms with van der Waals surface area (Å²) in [5, 5.41) is 5.35. The van der Waals surface area contributed by atoms with E-state index in [1.165, 1.54) is 24.3 Å². The van der Waals surface area contributed by atoms with Crippen molar-refractivity contribution in [3.63, 3.8) is 0 Å². The molecule has 0 saturated carbocycles. The highest BCUT2D eigenvalue weighted by atomic mass is 19.1. The van der Waals surface area contributed by atoms with Crippen molar-refractivity contribution in [2.45, 2.75) is 13.8 Å². The third-order valence-electron chi connectivity index (χ3n) is 3.20. The van der Waals surface area contributed by atoms with E-state index in [-0.39, 0.29) is 12.5 Å². The lowest BCUT2D eigenvalue weighted by Crippen LogP contribution is -2.16. The first-order valence-electron chi connectivity index (χ1n) is 7.11. The van der Waals surface area contributed by atoms with Gasteiger partial charge in [0, 0.05) is 16.9 Å². The summed E-state index contributed by atoms with van der Waals surface area (Å²) in [7, 11) is 0. The second-order valence-electron chi connectivity index (χ2n) is 4.78. The Morgan fingerprint density at radius 3 is 2.26 bits per heavy atom. The molecule has 0 bridgehead atoms. The maximum Gasteiger partial charge on any atom is 0.411 e. The van der Waals surface area contributed by atoms with Crippen LogP contribution in [0.4, 0.5) is 20.6 Å². The van der Waals surface area contributed by atoms with E-state index in [0.29, 0.717) is 22.5 Å². The van der Waals surface area contributed by atoms with Gasteiger partial charge in [0.2, 0.25) is 0 Å². The number of hydrogen-bond donors (Lipinski definition) is 2. The fourth-order valence-corrected chi connectivity index (χ4v) is 1.98. The van der Waals surface area contributed by atoms with Gasteiger partial charge in [-0.2, -0.15) is 0 Å². The number of benzene rings is 2. The Morgan fingerprint density at radius 2 is 1.65 bits per heavy atom. The van der Waals surface area contributed by atoms with Gasteiger partial charge in [-0.3, -0.25) is 10.1 Å². The molecule has 6 heteroatoms. The molecule has 0 heterocycles. The highest BCUT2D eigenvalue weighted by Crippen LogP contribution is 2.24. The summed E-state index contributed by atoms with van der Waals surface area (Å²) in [6.45, 7) is 3.75. The maximum absolute atomic E-state index is 12.9. The number of ether oxygens (including phenoxy) is 1. The molecule has 2 N–H and O–H groups in total. The molecule has 2 aromatic carbocycles. The third-order valence-corrected chi connectivity index (χ3v) is 3.20. The van der Waals surface area contributed by atoms with Crippen LogP contribution in [0.25, 0.3) is 0 Å². The van der Waals surface area contributed by atoms with Gasteiger partial charge in [-0.25, -0.2) is 9.18 Å². The van der Waals surface area contributed by atoms with Crippen LogP contribution in [-0.2, 0) is 4.74 Å². The molecule has 0 aromatic heterocycles. The molecule has 2 amide bonds. The summed E-state index contributed by atoms with van der Waals surface area (Å²) in [5.41, 5.74) is 2.12. The molecule has 23 heavy (non-hydrogen) atoms. The molecule has 5 nitrogen and oxygen atoms in total. The first kappa shape index (κ1) is 16.5. The molecule has 0 aliphatic carbocycles. The van der Waals surface area contributed by atoms with E-state index in [0.717, 1.165) is 0 Å². The minimum absolute atomic E-state index is 0.270. The minimum atomic E-state index is -0.558. The highest BCUT2D eigenvalue weighted by molar-refractivity contribution is 6.05. The molecule has 0 atom stereocenters. The number of carbonyl (C=O) groups is 2. The van der Waals surface area contributed by atoms with Gasteiger partial charge < -0.3 is 10.1 Å². The Labute approximate surface area is 133 Å². The molecule has 120 valence electrons. The Kier molecular flexibility index (Phi) is 5.30. The quantitative estimate of drug-likeness (QED) is 0.897. The summed E-state index contributed by atoms with van der Waals surface area (Å²) in [5.74, 6) is -0.764. The van der Waals surface area contributed by atoms with E-state index in [1.807, 2.05) is 0 Å². The van der Waals surface area contributed by atoms with Crippen LogP contribution in [0.1, 0.15) is 22.8 Å². The van der Waals surface area contributed by atoms with Crippen molar-refractivity contribution in [1.82, 2.24) is 0 Å². The molecule has 0 spiro atoms. The zero-order chi connectivity index (χ0) is 16.8. The summed E-state index contributed by atoms with van der Waals surface area (Å²) < 4.78 is 17.7. The van der Waals surface area contributed by atoms with Crippen LogP contribution >= 0.6 is 0 Å². The summed E-state index contributed by atoms with van der Waals surface area (Å²) in [6, 6.07) is 10.4. The Morgan fingerprint density at radius 1 is 1.04 bits per heavy atom. The van der Waals surface area contributed by atoms with E-state index in [2.05, 4.69) is 10.6 Å². The number of halogens is 1. The van der Waals surface area contributed by atoms with Gasteiger partial charge >= 0.3 is 6.09 Å². The highest BCUT2D eigenvalue weighted by Gasteiger charge is 2.11. The number of anilines is 2. The van der Waals surface area contributed by atoms with Crippen molar-refractivity contribution in [2.75, 3.05) is 17.2 Å². The van der Waals surface area contributed by atoms with Gasteiger partial charge in [-0.1, -0.05) is 6.07 Å². The van der Waals surface area contributed by atoms with Crippen molar-refractivity contribution < 1.29 is 18.7 Å². The summed E-state index contributed by atoms with van der Waals surface area (Å²) in [6.07, 6.45) is -0.558. The molecule has 0 radical (unpaired) electrons. The van der Waals surface area contributed by atoms with Crippen molar-refractivity contribution >= 4 is 23.4 Å². The van der Waals surface area contributed by atoms with Gasteiger partial charge in [-0.05, 0) is 55.8 Å². The van der Waals surface area contributed by atoms with Gasteiger partial charge in [0.25, 0.3) is 5.91 Å². The van der Waals surface area contributed by atoms with E-state index in [4.69, 9.17) is 4.74 Å². The van der Waals surface area contributed by atoms with E-state index in [1.54, 1.807) is 32.0 Å². The lowest BCUT2D eigenvalue weighted by molar-refractivity contribution is 0.102. The lowest BCUT2D eigenvalue weighted by Gasteiger charge is -2.13. The fourth-order valence-electron chi connectivity index (χ4n) is 1.98. The zero-order valence-corrected chi connectivity index (χ0v) is 12.9. The molecule has 0 unspecified atom stereocenters. The minimum Gasteiger partial charge on any atom is -0.450 e. The Hall–Kier alpha value is -2.89. The normalized spacial score (nSPS) is 10.0. The second-order valence-corrected chi connectivity index (χ2v) is 4.78. The van der Waals surface area contributed by atoms with Crippen LogP contribution in [0.15, 0.2) is 42.5 Å². The maximum atomic E-state index is 12.9. The monoisotopic (exact) mass is 316 g/mol. The van der Waals surface area contributed by atoms with Crippen molar-refractivity contribution in [2.24, 2.45) is 0 Å². The first-order chi connectivity index (χ1) is 11.0. The largest absolute Gasteiger partial charge is 0.450 e. The topological polar surface area (TPSA) is 67.4 Å². The standard InChI is InChI=1S/C17H17FN2O3/c1-3-23-17(22)20-15-6-4-5-14(11(15)2)19-16(21)12-7-9-13(18)10-8-12/h4-10H,3H2,1-2H3,(H,19,21)(H,20,22). The SMILES string of the molecule is CCOC(=O)Nc1cccc(NC(=O)c2ccc(F)cc2)c1C. The summed E-state index contributed by atoms with van der Waals surface area (Å²) >= 11 is 0. The average Bonchev–Trinajstić information content (AvgIpc) is 2.52. The average molecular weight is 316 g/mol. The molecular formula is C17H17FN2O3. The van der Waals surface area contributed by atoms with E-state index < -0.39 is 11.9 Å². The predicted octanol–water partition coefficient (Wildman–Crippen LogP) is 3.95. The number of amides is 2. The lowest BCUT2D eigenvalue weighted by atomic mass is 10.1. The van der Waals surface area contributed by atoms with Crippen LogP contribution in [0.5, 0.6) is 0 Å². The van der Waals surface area contributed by atoms with Crippen LogP contribution in [-0.4, -0.2) is 18.6 Å². The van der Waals surface area contributed by atoms with Crippen molar-refractivity contribution in [1.29, 1.82) is 0 Å². The third kappa shape index (κ3) is 4.29. The van der Waals surface area contributed by atoms with Gasteiger partial charge in [-0.15, -0.1) is 0 Å². The number of hydrogen-bond acceptors (Lipinski definition) is 3. The van der Waals surface area contributed by atoms with E-state index in [9.17, 15) is 14.0 Å².